The number of nitrogens with zero attached hydrogens (tertiary/aromatic N) is 1. The van der Waals surface area contributed by atoms with Crippen LogP contribution in [0.15, 0.2) is 12.1 Å². The molecule has 72 valence electrons. The van der Waals surface area contributed by atoms with Gasteiger partial charge in [0.2, 0.25) is 17.8 Å². The van der Waals surface area contributed by atoms with Crippen molar-refractivity contribution in [3.05, 3.63) is 24.0 Å². The predicted molar refractivity (Wildman–Crippen MR) is 46.2 cm³/mol. The highest BCUT2D eigenvalue weighted by atomic mass is 19.1. The third kappa shape index (κ3) is 2.52. The molecule has 0 saturated heterocycles. The van der Waals surface area contributed by atoms with Crippen molar-refractivity contribution in [2.75, 3.05) is 5.32 Å². The third-order valence-electron chi connectivity index (χ3n) is 1.35. The van der Waals surface area contributed by atoms with Crippen molar-refractivity contribution in [2.45, 2.75) is 6.42 Å². The number of hydrogen-bond acceptors (Lipinski definition) is 2. The van der Waals surface area contributed by atoms with Gasteiger partial charge in [0.05, 0.1) is 12.1 Å². The molecule has 0 aliphatic rings. The SMILES string of the molecule is C#CCC(=O)Nc1ccc(F)nc1F. The van der Waals surface area contributed by atoms with Gasteiger partial charge in [0, 0.05) is 0 Å². The summed E-state index contributed by atoms with van der Waals surface area (Å²) in [4.78, 5) is 13.8. The molecule has 1 rings (SSSR count). The number of amides is 1. The van der Waals surface area contributed by atoms with Crippen LogP contribution in [0.2, 0.25) is 0 Å². The molecule has 1 N–H and O–H groups in total. The zero-order chi connectivity index (χ0) is 10.6. The molecule has 1 aromatic heterocycles. The Hall–Kier alpha value is -1.96. The highest BCUT2D eigenvalue weighted by molar-refractivity contribution is 5.92. The van der Waals surface area contributed by atoms with Crippen LogP contribution in [-0.4, -0.2) is 10.9 Å². The minimum Gasteiger partial charge on any atom is -0.321 e. The lowest BCUT2D eigenvalue weighted by atomic mass is 10.3. The Morgan fingerprint density at radius 1 is 1.57 bits per heavy atom. The number of halogens is 2. The number of pyridine rings is 1. The maximum atomic E-state index is 12.8. The molecule has 0 bridgehead atoms. The number of nitrogens with one attached hydrogen (secondary N) is 1. The molecule has 0 spiro atoms. The van der Waals surface area contributed by atoms with Crippen LogP contribution >= 0.6 is 0 Å². The second-order valence-corrected chi connectivity index (χ2v) is 2.40. The fourth-order valence-corrected chi connectivity index (χ4v) is 0.792. The van der Waals surface area contributed by atoms with E-state index in [-0.39, 0.29) is 12.1 Å². The minimum absolute atomic E-state index is 0.170. The van der Waals surface area contributed by atoms with E-state index in [1.165, 1.54) is 0 Å². The first-order valence-corrected chi connectivity index (χ1v) is 3.69. The van der Waals surface area contributed by atoms with Gasteiger partial charge >= 0.3 is 0 Å². The maximum Gasteiger partial charge on any atom is 0.239 e. The van der Waals surface area contributed by atoms with Gasteiger partial charge in [-0.1, -0.05) is 5.92 Å². The number of hydrogen-bond donors (Lipinski definition) is 1. The molecule has 3 nitrogen and oxygen atoms in total. The Morgan fingerprint density at radius 3 is 2.86 bits per heavy atom. The van der Waals surface area contributed by atoms with Gasteiger partial charge in [-0.15, -0.1) is 6.42 Å². The monoisotopic (exact) mass is 196 g/mol. The van der Waals surface area contributed by atoms with Crippen LogP contribution in [0.4, 0.5) is 14.5 Å². The Labute approximate surface area is 79.2 Å². The summed E-state index contributed by atoms with van der Waals surface area (Å²) in [6.07, 6.45) is 4.70. The first-order chi connectivity index (χ1) is 6.63. The summed E-state index contributed by atoms with van der Waals surface area (Å²) in [5, 5.41) is 2.15. The van der Waals surface area contributed by atoms with Crippen LogP contribution in [-0.2, 0) is 4.79 Å². The van der Waals surface area contributed by atoms with E-state index in [1.54, 1.807) is 0 Å². The number of terminal acetylenes is 1. The molecule has 0 saturated carbocycles. The Morgan fingerprint density at radius 2 is 2.29 bits per heavy atom. The molecule has 0 radical (unpaired) electrons. The second-order valence-electron chi connectivity index (χ2n) is 2.40. The fraction of sp³-hybridized carbons (Fsp3) is 0.111. The van der Waals surface area contributed by atoms with Crippen LogP contribution in [0, 0.1) is 24.2 Å². The molecule has 14 heavy (non-hydrogen) atoms. The second kappa shape index (κ2) is 4.33. The number of anilines is 1. The fourth-order valence-electron chi connectivity index (χ4n) is 0.792. The summed E-state index contributed by atoms with van der Waals surface area (Å²) in [7, 11) is 0. The van der Waals surface area contributed by atoms with Gasteiger partial charge in [-0.3, -0.25) is 4.79 Å². The Balaban J connectivity index is 2.78. The van der Waals surface area contributed by atoms with Crippen molar-refractivity contribution in [3.63, 3.8) is 0 Å². The van der Waals surface area contributed by atoms with Crippen molar-refractivity contribution in [3.8, 4) is 12.3 Å². The molecular formula is C9H6F2N2O. The average molecular weight is 196 g/mol. The van der Waals surface area contributed by atoms with Crippen molar-refractivity contribution in [1.82, 2.24) is 4.98 Å². The first kappa shape index (κ1) is 10.1. The standard InChI is InChI=1S/C9H6F2N2O/c1-2-3-8(14)12-6-4-5-7(10)13-9(6)11/h1,4-5H,3H2,(H,12,14). The molecule has 1 amide bonds. The van der Waals surface area contributed by atoms with Crippen molar-refractivity contribution >= 4 is 11.6 Å². The van der Waals surface area contributed by atoms with Crippen LogP contribution in [0.3, 0.4) is 0 Å². The van der Waals surface area contributed by atoms with Crippen molar-refractivity contribution in [2.24, 2.45) is 0 Å². The van der Waals surface area contributed by atoms with E-state index in [1.807, 2.05) is 0 Å². The quantitative estimate of drug-likeness (QED) is 0.572. The van der Waals surface area contributed by atoms with Crippen LogP contribution in [0.25, 0.3) is 0 Å². The largest absolute Gasteiger partial charge is 0.321 e. The molecule has 0 fully saturated rings. The average Bonchev–Trinajstić information content (AvgIpc) is 2.10. The Kier molecular flexibility index (Phi) is 3.13. The molecule has 0 aliphatic heterocycles. The van der Waals surface area contributed by atoms with E-state index in [2.05, 4.69) is 16.2 Å². The van der Waals surface area contributed by atoms with Gasteiger partial charge < -0.3 is 5.32 Å². The summed E-state index contributed by atoms with van der Waals surface area (Å²) < 4.78 is 25.2. The summed E-state index contributed by atoms with van der Waals surface area (Å²) in [5.41, 5.74) is -0.188. The van der Waals surface area contributed by atoms with Crippen molar-refractivity contribution < 1.29 is 13.6 Å². The Bertz CT molecular complexity index is 398. The van der Waals surface area contributed by atoms with Crippen LogP contribution in [0.1, 0.15) is 6.42 Å². The van der Waals surface area contributed by atoms with Gasteiger partial charge in [0.1, 0.15) is 0 Å². The minimum atomic E-state index is -1.07. The van der Waals surface area contributed by atoms with E-state index >= 15 is 0 Å². The first-order valence-electron chi connectivity index (χ1n) is 3.69. The number of aromatic nitrogens is 1. The van der Waals surface area contributed by atoms with Gasteiger partial charge in [0.15, 0.2) is 0 Å². The number of carbonyl (C=O) groups is 1. The molecule has 1 aromatic rings. The summed E-state index contributed by atoms with van der Waals surface area (Å²) in [5.74, 6) is -0.473. The molecule has 0 unspecified atom stereocenters. The molecule has 0 aliphatic carbocycles. The summed E-state index contributed by atoms with van der Waals surface area (Å²) >= 11 is 0. The van der Waals surface area contributed by atoms with E-state index in [0.717, 1.165) is 12.1 Å². The molecule has 5 heteroatoms. The predicted octanol–water partition coefficient (Wildman–Crippen LogP) is 1.32. The van der Waals surface area contributed by atoms with Gasteiger partial charge in [-0.2, -0.15) is 13.8 Å². The van der Waals surface area contributed by atoms with E-state index in [4.69, 9.17) is 6.42 Å². The lowest BCUT2D eigenvalue weighted by Crippen LogP contribution is -2.12. The highest BCUT2D eigenvalue weighted by Crippen LogP contribution is 2.11. The number of carbonyl (C=O) groups excluding carboxylic acids is 1. The lowest BCUT2D eigenvalue weighted by molar-refractivity contribution is -0.115. The zero-order valence-corrected chi connectivity index (χ0v) is 7.05. The van der Waals surface area contributed by atoms with Gasteiger partial charge in [-0.05, 0) is 12.1 Å². The third-order valence-corrected chi connectivity index (χ3v) is 1.35. The molecular weight excluding hydrogens is 190 g/mol. The van der Waals surface area contributed by atoms with E-state index in [0.29, 0.717) is 0 Å². The van der Waals surface area contributed by atoms with E-state index < -0.39 is 17.8 Å². The topological polar surface area (TPSA) is 42.0 Å². The molecule has 0 atom stereocenters. The molecule has 0 aromatic carbocycles. The zero-order valence-electron chi connectivity index (χ0n) is 7.05. The highest BCUT2D eigenvalue weighted by Gasteiger charge is 2.07. The van der Waals surface area contributed by atoms with Gasteiger partial charge in [-0.25, -0.2) is 0 Å². The molecule has 1 heterocycles. The number of rotatable bonds is 2. The van der Waals surface area contributed by atoms with E-state index in [9.17, 15) is 13.6 Å². The lowest BCUT2D eigenvalue weighted by Gasteiger charge is -2.02. The van der Waals surface area contributed by atoms with Crippen LogP contribution < -0.4 is 5.32 Å². The normalized spacial score (nSPS) is 9.21. The van der Waals surface area contributed by atoms with Crippen molar-refractivity contribution in [1.29, 1.82) is 0 Å². The maximum absolute atomic E-state index is 12.8. The summed E-state index contributed by atoms with van der Waals surface area (Å²) in [6, 6.07) is 2.01. The summed E-state index contributed by atoms with van der Waals surface area (Å²) in [6.45, 7) is 0. The van der Waals surface area contributed by atoms with Gasteiger partial charge in [0.25, 0.3) is 0 Å². The smallest absolute Gasteiger partial charge is 0.239 e. The van der Waals surface area contributed by atoms with Crippen LogP contribution in [0.5, 0.6) is 0 Å².